The van der Waals surface area contributed by atoms with Crippen LogP contribution in [-0.4, -0.2) is 26.4 Å². The molecular weight excluding hydrogens is 351 g/mol. The first kappa shape index (κ1) is 17.9. The van der Waals surface area contributed by atoms with Gasteiger partial charge in [0.05, 0.1) is 11.4 Å². The minimum atomic E-state index is -0.466. The first-order valence-corrected chi connectivity index (χ1v) is 8.94. The molecule has 7 heteroatoms. The fraction of sp³-hybridized carbons (Fsp3) is 0.105. The fourth-order valence-electron chi connectivity index (χ4n) is 2.37. The van der Waals surface area contributed by atoms with Gasteiger partial charge in [-0.05, 0) is 12.1 Å². The Morgan fingerprint density at radius 2 is 1.88 bits per heavy atom. The molecule has 26 heavy (non-hydrogen) atoms. The lowest BCUT2D eigenvalue weighted by molar-refractivity contribution is -0.113. The summed E-state index contributed by atoms with van der Waals surface area (Å²) >= 11 is 1.24. The topological polar surface area (TPSA) is 59.8 Å². The van der Waals surface area contributed by atoms with Crippen molar-refractivity contribution in [3.8, 4) is 11.4 Å². The van der Waals surface area contributed by atoms with Gasteiger partial charge in [-0.2, -0.15) is 0 Å². The maximum Gasteiger partial charge on any atom is 0.234 e. The lowest BCUT2D eigenvalue weighted by atomic mass is 10.2. The molecule has 1 aromatic heterocycles. The Hall–Kier alpha value is -2.93. The first-order valence-electron chi connectivity index (χ1n) is 7.95. The molecule has 132 valence electrons. The zero-order valence-electron chi connectivity index (χ0n) is 13.9. The number of halogens is 1. The van der Waals surface area contributed by atoms with Crippen molar-refractivity contribution < 1.29 is 9.18 Å². The lowest BCUT2D eigenvalue weighted by Crippen LogP contribution is -2.15. The fourth-order valence-corrected chi connectivity index (χ4v) is 3.12. The van der Waals surface area contributed by atoms with Gasteiger partial charge in [0.15, 0.2) is 11.0 Å². The van der Waals surface area contributed by atoms with Gasteiger partial charge in [0.25, 0.3) is 0 Å². The molecule has 0 fully saturated rings. The minimum absolute atomic E-state index is 0.0956. The second-order valence-electron chi connectivity index (χ2n) is 5.39. The summed E-state index contributed by atoms with van der Waals surface area (Å²) in [4.78, 5) is 12.1. The van der Waals surface area contributed by atoms with Gasteiger partial charge in [0.2, 0.25) is 5.91 Å². The second kappa shape index (κ2) is 8.44. The SMILES string of the molecule is C=CCn1c(SCC(=O)Nc2ccccc2F)nnc1-c1ccccc1. The smallest absolute Gasteiger partial charge is 0.234 e. The van der Waals surface area contributed by atoms with Crippen LogP contribution in [0.2, 0.25) is 0 Å². The number of carbonyl (C=O) groups is 1. The van der Waals surface area contributed by atoms with Crippen molar-refractivity contribution in [2.75, 3.05) is 11.1 Å². The van der Waals surface area contributed by atoms with Crippen LogP contribution < -0.4 is 5.32 Å². The number of carbonyl (C=O) groups excluding carboxylic acids is 1. The third-order valence-electron chi connectivity index (χ3n) is 3.54. The van der Waals surface area contributed by atoms with E-state index in [1.807, 2.05) is 34.9 Å². The van der Waals surface area contributed by atoms with Crippen LogP contribution >= 0.6 is 11.8 Å². The Labute approximate surface area is 155 Å². The quantitative estimate of drug-likeness (QED) is 0.506. The van der Waals surface area contributed by atoms with Crippen LogP contribution in [0.1, 0.15) is 0 Å². The summed E-state index contributed by atoms with van der Waals surface area (Å²) in [6.07, 6.45) is 1.75. The summed E-state index contributed by atoms with van der Waals surface area (Å²) in [5.41, 5.74) is 1.10. The average molecular weight is 368 g/mol. The maximum absolute atomic E-state index is 13.6. The molecule has 0 radical (unpaired) electrons. The van der Waals surface area contributed by atoms with E-state index in [9.17, 15) is 9.18 Å². The molecule has 0 aliphatic rings. The number of nitrogens with zero attached hydrogens (tertiary/aromatic N) is 3. The molecule has 0 unspecified atom stereocenters. The highest BCUT2D eigenvalue weighted by atomic mass is 32.2. The number of hydrogen-bond acceptors (Lipinski definition) is 4. The van der Waals surface area contributed by atoms with E-state index in [2.05, 4.69) is 22.1 Å². The van der Waals surface area contributed by atoms with E-state index in [1.165, 1.54) is 23.9 Å². The molecule has 3 aromatic rings. The lowest BCUT2D eigenvalue weighted by Gasteiger charge is -2.08. The average Bonchev–Trinajstić information content (AvgIpc) is 3.06. The van der Waals surface area contributed by atoms with E-state index < -0.39 is 5.82 Å². The van der Waals surface area contributed by atoms with Gasteiger partial charge in [-0.25, -0.2) is 4.39 Å². The zero-order valence-corrected chi connectivity index (χ0v) is 14.7. The molecule has 0 aliphatic carbocycles. The van der Waals surface area contributed by atoms with Crippen LogP contribution in [-0.2, 0) is 11.3 Å². The van der Waals surface area contributed by atoms with Crippen molar-refractivity contribution in [1.29, 1.82) is 0 Å². The summed E-state index contributed by atoms with van der Waals surface area (Å²) in [5, 5.41) is 11.6. The number of allylic oxidation sites excluding steroid dienone is 1. The highest BCUT2D eigenvalue weighted by Gasteiger charge is 2.15. The molecule has 0 bridgehead atoms. The largest absolute Gasteiger partial charge is 0.323 e. The number of nitrogens with one attached hydrogen (secondary N) is 1. The van der Waals surface area contributed by atoms with Crippen molar-refractivity contribution in [3.63, 3.8) is 0 Å². The Bertz CT molecular complexity index is 911. The van der Waals surface area contributed by atoms with Gasteiger partial charge in [0.1, 0.15) is 5.82 Å². The van der Waals surface area contributed by atoms with Crippen molar-refractivity contribution in [3.05, 3.63) is 73.1 Å². The molecule has 2 aromatic carbocycles. The highest BCUT2D eigenvalue weighted by molar-refractivity contribution is 7.99. The number of anilines is 1. The standard InChI is InChI=1S/C19H17FN4OS/c1-2-12-24-18(14-8-4-3-5-9-14)22-23-19(24)26-13-17(25)21-16-11-7-6-10-15(16)20/h2-11H,1,12-13H2,(H,21,25). The molecule has 0 spiro atoms. The van der Waals surface area contributed by atoms with Crippen LogP contribution in [0.15, 0.2) is 72.4 Å². The number of rotatable bonds is 7. The second-order valence-corrected chi connectivity index (χ2v) is 6.33. The van der Waals surface area contributed by atoms with E-state index >= 15 is 0 Å². The van der Waals surface area contributed by atoms with E-state index in [-0.39, 0.29) is 17.3 Å². The summed E-state index contributed by atoms with van der Waals surface area (Å²) in [7, 11) is 0. The van der Waals surface area contributed by atoms with Gasteiger partial charge in [0, 0.05) is 12.1 Å². The molecule has 0 saturated heterocycles. The van der Waals surface area contributed by atoms with E-state index in [0.29, 0.717) is 17.5 Å². The van der Waals surface area contributed by atoms with Crippen LogP contribution in [0, 0.1) is 5.82 Å². The third-order valence-corrected chi connectivity index (χ3v) is 4.51. The van der Waals surface area contributed by atoms with E-state index in [4.69, 9.17) is 0 Å². The number of benzene rings is 2. The molecule has 0 aliphatic heterocycles. The Morgan fingerprint density at radius 1 is 1.15 bits per heavy atom. The van der Waals surface area contributed by atoms with E-state index in [1.54, 1.807) is 18.2 Å². The monoisotopic (exact) mass is 368 g/mol. The number of para-hydroxylation sites is 1. The predicted molar refractivity (Wildman–Crippen MR) is 101 cm³/mol. The van der Waals surface area contributed by atoms with Crippen molar-refractivity contribution in [2.24, 2.45) is 0 Å². The number of aromatic nitrogens is 3. The number of amides is 1. The van der Waals surface area contributed by atoms with Crippen LogP contribution in [0.4, 0.5) is 10.1 Å². The zero-order chi connectivity index (χ0) is 18.4. The first-order chi connectivity index (χ1) is 12.7. The van der Waals surface area contributed by atoms with Gasteiger partial charge in [-0.3, -0.25) is 9.36 Å². The Balaban J connectivity index is 1.72. The molecule has 1 amide bonds. The molecule has 5 nitrogen and oxygen atoms in total. The summed E-state index contributed by atoms with van der Waals surface area (Å²) < 4.78 is 15.5. The summed E-state index contributed by atoms with van der Waals surface area (Å²) in [6.45, 7) is 4.29. The maximum atomic E-state index is 13.6. The highest BCUT2D eigenvalue weighted by Crippen LogP contribution is 2.24. The summed E-state index contributed by atoms with van der Waals surface area (Å²) in [5.74, 6) is 0.0300. The Kier molecular flexibility index (Phi) is 5.80. The van der Waals surface area contributed by atoms with Gasteiger partial charge in [-0.15, -0.1) is 16.8 Å². The molecule has 1 heterocycles. The molecule has 0 saturated carbocycles. The predicted octanol–water partition coefficient (Wildman–Crippen LogP) is 4.00. The molecular formula is C19H17FN4OS. The van der Waals surface area contributed by atoms with Crippen molar-refractivity contribution in [2.45, 2.75) is 11.7 Å². The van der Waals surface area contributed by atoms with E-state index in [0.717, 1.165) is 5.56 Å². The normalized spacial score (nSPS) is 10.5. The molecule has 0 atom stereocenters. The Morgan fingerprint density at radius 3 is 2.62 bits per heavy atom. The van der Waals surface area contributed by atoms with Gasteiger partial charge in [-0.1, -0.05) is 60.3 Å². The van der Waals surface area contributed by atoms with Crippen LogP contribution in [0.25, 0.3) is 11.4 Å². The van der Waals surface area contributed by atoms with Crippen LogP contribution in [0.3, 0.4) is 0 Å². The molecule has 3 rings (SSSR count). The summed E-state index contributed by atoms with van der Waals surface area (Å²) in [6, 6.07) is 15.7. The van der Waals surface area contributed by atoms with Crippen LogP contribution in [0.5, 0.6) is 0 Å². The number of hydrogen-bond donors (Lipinski definition) is 1. The minimum Gasteiger partial charge on any atom is -0.323 e. The van der Waals surface area contributed by atoms with Gasteiger partial charge >= 0.3 is 0 Å². The van der Waals surface area contributed by atoms with Crippen molar-refractivity contribution >= 4 is 23.4 Å². The van der Waals surface area contributed by atoms with Crippen molar-refractivity contribution in [1.82, 2.24) is 14.8 Å². The molecule has 1 N–H and O–H groups in total. The number of thioether (sulfide) groups is 1. The van der Waals surface area contributed by atoms with Gasteiger partial charge < -0.3 is 5.32 Å². The third kappa shape index (κ3) is 4.18.